The van der Waals surface area contributed by atoms with Crippen LogP contribution in [0.25, 0.3) is 5.32 Å². The number of alkyl halides is 6. The standard InChI is InChI=1S/C12H20F6N/c1-9(2,3)19-10(4,5)8(6-11(13,14)15)7-12(16,17)18/h8H,6-7H2,1-5H3/q-1. The first-order chi connectivity index (χ1) is 8.02. The molecule has 0 fully saturated rings. The monoisotopic (exact) mass is 292 g/mol. The molecular formula is C12H20F6N-. The summed E-state index contributed by atoms with van der Waals surface area (Å²) in [5.41, 5.74) is -2.10. The van der Waals surface area contributed by atoms with Crippen molar-refractivity contribution in [1.29, 1.82) is 0 Å². The van der Waals surface area contributed by atoms with E-state index < -0.39 is 42.2 Å². The SMILES string of the molecule is CC(C)(C)[N-]C(C)(C)C(CC(F)(F)F)CC(F)(F)F. The Labute approximate surface area is 109 Å². The number of hydrogen-bond donors (Lipinski definition) is 0. The first kappa shape index (κ1) is 18.5. The van der Waals surface area contributed by atoms with Gasteiger partial charge in [0.1, 0.15) is 0 Å². The average molecular weight is 292 g/mol. The number of halogens is 6. The lowest BCUT2D eigenvalue weighted by molar-refractivity contribution is -0.178. The minimum atomic E-state index is -4.64. The molecule has 0 saturated carbocycles. The van der Waals surface area contributed by atoms with Crippen molar-refractivity contribution in [2.45, 2.75) is 70.9 Å². The summed E-state index contributed by atoms with van der Waals surface area (Å²) >= 11 is 0. The highest BCUT2D eigenvalue weighted by atomic mass is 19.4. The van der Waals surface area contributed by atoms with Crippen LogP contribution in [0.3, 0.4) is 0 Å². The molecule has 0 aliphatic heterocycles. The van der Waals surface area contributed by atoms with Gasteiger partial charge in [0.15, 0.2) is 0 Å². The van der Waals surface area contributed by atoms with Crippen molar-refractivity contribution < 1.29 is 26.3 Å². The van der Waals surface area contributed by atoms with Crippen molar-refractivity contribution >= 4 is 0 Å². The molecule has 7 heteroatoms. The Morgan fingerprint density at radius 2 is 1.05 bits per heavy atom. The Morgan fingerprint density at radius 1 is 0.737 bits per heavy atom. The van der Waals surface area contributed by atoms with Gasteiger partial charge in [-0.15, -0.1) is 11.1 Å². The van der Waals surface area contributed by atoms with Crippen molar-refractivity contribution in [3.8, 4) is 0 Å². The maximum Gasteiger partial charge on any atom is 0.389 e. The molecule has 1 nitrogen and oxygen atoms in total. The number of hydrogen-bond acceptors (Lipinski definition) is 0. The van der Waals surface area contributed by atoms with E-state index >= 15 is 0 Å². The minimum absolute atomic E-state index is 0.695. The molecule has 116 valence electrons. The Kier molecular flexibility index (Phi) is 5.37. The van der Waals surface area contributed by atoms with E-state index in [1.54, 1.807) is 20.8 Å². The summed E-state index contributed by atoms with van der Waals surface area (Å²) in [4.78, 5) is 0. The highest BCUT2D eigenvalue weighted by Gasteiger charge is 2.42. The van der Waals surface area contributed by atoms with Crippen molar-refractivity contribution in [2.24, 2.45) is 5.92 Å². The third-order valence-corrected chi connectivity index (χ3v) is 2.58. The zero-order chi connectivity index (χ0) is 15.7. The highest BCUT2D eigenvalue weighted by molar-refractivity contribution is 5.13. The fourth-order valence-corrected chi connectivity index (χ4v) is 2.09. The fourth-order valence-electron chi connectivity index (χ4n) is 2.09. The topological polar surface area (TPSA) is 14.1 Å². The molecule has 0 N–H and O–H groups in total. The molecule has 0 radical (unpaired) electrons. The van der Waals surface area contributed by atoms with Crippen LogP contribution in [0.4, 0.5) is 26.3 Å². The van der Waals surface area contributed by atoms with Crippen LogP contribution in [-0.2, 0) is 0 Å². The lowest BCUT2D eigenvalue weighted by Crippen LogP contribution is -2.40. The van der Waals surface area contributed by atoms with Crippen LogP contribution < -0.4 is 0 Å². The summed E-state index contributed by atoms with van der Waals surface area (Å²) < 4.78 is 74.6. The van der Waals surface area contributed by atoms with Crippen molar-refractivity contribution in [3.63, 3.8) is 0 Å². The first-order valence-corrected chi connectivity index (χ1v) is 5.89. The maximum absolute atomic E-state index is 12.4. The second kappa shape index (κ2) is 5.50. The van der Waals surface area contributed by atoms with Gasteiger partial charge in [-0.05, 0) is 5.92 Å². The van der Waals surface area contributed by atoms with Gasteiger partial charge in [0.05, 0.1) is 0 Å². The van der Waals surface area contributed by atoms with E-state index in [0.29, 0.717) is 0 Å². The molecule has 0 aromatic rings. The molecule has 0 aromatic carbocycles. The number of rotatable bonds is 4. The predicted octanol–water partition coefficient (Wildman–Crippen LogP) is 5.46. The largest absolute Gasteiger partial charge is 0.652 e. The van der Waals surface area contributed by atoms with Crippen molar-refractivity contribution in [1.82, 2.24) is 0 Å². The molecule has 0 bridgehead atoms. The van der Waals surface area contributed by atoms with Gasteiger partial charge in [-0.25, -0.2) is 0 Å². The molecule has 0 amide bonds. The van der Waals surface area contributed by atoms with Gasteiger partial charge in [0, 0.05) is 12.8 Å². The van der Waals surface area contributed by atoms with Gasteiger partial charge in [-0.3, -0.25) is 0 Å². The second-order valence-electron chi connectivity index (χ2n) is 6.27. The molecule has 0 unspecified atom stereocenters. The molecule has 0 aromatic heterocycles. The maximum atomic E-state index is 12.4. The summed E-state index contributed by atoms with van der Waals surface area (Å²) in [6.45, 7) is 7.58. The molecule has 0 atom stereocenters. The van der Waals surface area contributed by atoms with Crippen LogP contribution in [0.1, 0.15) is 47.5 Å². The summed E-state index contributed by atoms with van der Waals surface area (Å²) in [6.07, 6.45) is -12.3. The zero-order valence-electron chi connectivity index (χ0n) is 11.7. The quantitative estimate of drug-likeness (QED) is 0.611. The third kappa shape index (κ3) is 9.13. The van der Waals surface area contributed by atoms with Gasteiger partial charge in [-0.1, -0.05) is 34.6 Å². The molecule has 0 spiro atoms. The fraction of sp³-hybridized carbons (Fsp3) is 1.00. The second-order valence-corrected chi connectivity index (χ2v) is 6.27. The van der Waals surface area contributed by atoms with Crippen LogP contribution in [-0.4, -0.2) is 23.4 Å². The molecule has 0 aliphatic rings. The van der Waals surface area contributed by atoms with Gasteiger partial charge in [0.2, 0.25) is 0 Å². The van der Waals surface area contributed by atoms with Crippen LogP contribution in [0, 0.1) is 5.92 Å². The van der Waals surface area contributed by atoms with Crippen LogP contribution in [0.5, 0.6) is 0 Å². The van der Waals surface area contributed by atoms with E-state index in [1.807, 2.05) is 0 Å². The van der Waals surface area contributed by atoms with Crippen molar-refractivity contribution in [2.75, 3.05) is 0 Å². The van der Waals surface area contributed by atoms with Crippen molar-refractivity contribution in [3.05, 3.63) is 5.32 Å². The highest BCUT2D eigenvalue weighted by Crippen LogP contribution is 2.43. The van der Waals surface area contributed by atoms with E-state index in [1.165, 1.54) is 13.8 Å². The smallest absolute Gasteiger partial charge is 0.389 e. The Hall–Kier alpha value is -0.460. The Balaban J connectivity index is 5.11. The van der Waals surface area contributed by atoms with E-state index in [0.717, 1.165) is 0 Å². The van der Waals surface area contributed by atoms with Crippen LogP contribution >= 0.6 is 0 Å². The van der Waals surface area contributed by atoms with E-state index in [4.69, 9.17) is 0 Å². The van der Waals surface area contributed by atoms with E-state index in [2.05, 4.69) is 5.32 Å². The Morgan fingerprint density at radius 3 is 1.26 bits per heavy atom. The summed E-state index contributed by atoms with van der Waals surface area (Å²) in [6, 6.07) is 0. The van der Waals surface area contributed by atoms with Gasteiger partial charge in [0.25, 0.3) is 0 Å². The lowest BCUT2D eigenvalue weighted by atomic mass is 9.80. The van der Waals surface area contributed by atoms with E-state index in [-0.39, 0.29) is 0 Å². The lowest BCUT2D eigenvalue weighted by Gasteiger charge is -2.54. The third-order valence-electron chi connectivity index (χ3n) is 2.58. The first-order valence-electron chi connectivity index (χ1n) is 5.89. The summed E-state index contributed by atoms with van der Waals surface area (Å²) in [5.74, 6) is -1.62. The summed E-state index contributed by atoms with van der Waals surface area (Å²) in [5, 5.41) is 4.11. The van der Waals surface area contributed by atoms with Gasteiger partial charge in [-0.2, -0.15) is 26.3 Å². The predicted molar refractivity (Wildman–Crippen MR) is 62.0 cm³/mol. The molecule has 0 saturated heterocycles. The molecule has 0 heterocycles. The normalized spacial score (nSPS) is 15.2. The van der Waals surface area contributed by atoms with Crippen LogP contribution in [0.2, 0.25) is 0 Å². The minimum Gasteiger partial charge on any atom is -0.652 e. The average Bonchev–Trinajstić information content (AvgIpc) is 1.91. The Bertz CT molecular complexity index is 268. The molecule has 0 rings (SSSR count). The zero-order valence-corrected chi connectivity index (χ0v) is 11.7. The van der Waals surface area contributed by atoms with Crippen LogP contribution in [0.15, 0.2) is 0 Å². The molecular weight excluding hydrogens is 272 g/mol. The number of nitrogens with zero attached hydrogens (tertiary/aromatic N) is 1. The van der Waals surface area contributed by atoms with Gasteiger partial charge >= 0.3 is 12.4 Å². The van der Waals surface area contributed by atoms with E-state index in [9.17, 15) is 26.3 Å². The van der Waals surface area contributed by atoms with Gasteiger partial charge < -0.3 is 5.32 Å². The molecule has 19 heavy (non-hydrogen) atoms. The molecule has 0 aliphatic carbocycles. The summed E-state index contributed by atoms with van der Waals surface area (Å²) in [7, 11) is 0.